The third-order valence-electron chi connectivity index (χ3n) is 3.20. The Balaban J connectivity index is 2.24. The second-order valence-electron chi connectivity index (χ2n) is 4.66. The predicted molar refractivity (Wildman–Crippen MR) is 83.0 cm³/mol. The Kier molecular flexibility index (Phi) is 3.65. The summed E-state index contributed by atoms with van der Waals surface area (Å²) in [6.45, 7) is 0. The zero-order chi connectivity index (χ0) is 15.5. The minimum absolute atomic E-state index is 0.222. The molecule has 0 amide bonds. The van der Waals surface area contributed by atoms with Gasteiger partial charge in [0.05, 0.1) is 5.69 Å². The van der Waals surface area contributed by atoms with Gasteiger partial charge >= 0.3 is 0 Å². The summed E-state index contributed by atoms with van der Waals surface area (Å²) >= 11 is 0. The van der Waals surface area contributed by atoms with Crippen LogP contribution in [0.3, 0.4) is 0 Å². The number of anilines is 1. The average molecular weight is 296 g/mol. The monoisotopic (exact) mass is 296 g/mol. The van der Waals surface area contributed by atoms with E-state index in [1.54, 1.807) is 37.6 Å². The molecule has 22 heavy (non-hydrogen) atoms. The Morgan fingerprint density at radius 2 is 2.05 bits per heavy atom. The van der Waals surface area contributed by atoms with Crippen molar-refractivity contribution in [3.8, 4) is 22.4 Å². The number of pyridine rings is 1. The zero-order valence-electron chi connectivity index (χ0n) is 11.8. The van der Waals surface area contributed by atoms with Gasteiger partial charge in [0.2, 0.25) is 11.5 Å². The van der Waals surface area contributed by atoms with Crippen molar-refractivity contribution in [2.45, 2.75) is 0 Å². The fourth-order valence-electron chi connectivity index (χ4n) is 2.18. The average Bonchev–Trinajstić information content (AvgIpc) is 2.54. The lowest BCUT2D eigenvalue weighted by Crippen LogP contribution is -2.04. The zero-order valence-corrected chi connectivity index (χ0v) is 11.8. The molecule has 5 nitrogen and oxygen atoms in total. The van der Waals surface area contributed by atoms with E-state index in [2.05, 4.69) is 20.3 Å². The molecule has 3 rings (SSSR count). The van der Waals surface area contributed by atoms with Crippen molar-refractivity contribution in [3.05, 3.63) is 65.0 Å². The Labute approximate surface area is 125 Å². The van der Waals surface area contributed by atoms with Crippen molar-refractivity contribution >= 4 is 5.95 Å². The summed E-state index contributed by atoms with van der Waals surface area (Å²) in [5, 5.41) is 2.86. The van der Waals surface area contributed by atoms with E-state index in [4.69, 9.17) is 0 Å². The summed E-state index contributed by atoms with van der Waals surface area (Å²) in [6, 6.07) is 9.37. The fourth-order valence-corrected chi connectivity index (χ4v) is 2.18. The van der Waals surface area contributed by atoms with Gasteiger partial charge in [-0.2, -0.15) is 0 Å². The second-order valence-corrected chi connectivity index (χ2v) is 4.66. The van der Waals surface area contributed by atoms with Crippen LogP contribution < -0.4 is 10.9 Å². The largest absolute Gasteiger partial charge is 0.357 e. The summed E-state index contributed by atoms with van der Waals surface area (Å²) in [7, 11) is 1.71. The Morgan fingerprint density at radius 1 is 1.18 bits per heavy atom. The first-order valence-corrected chi connectivity index (χ1v) is 6.67. The maximum Gasteiger partial charge on any atom is 0.248 e. The molecule has 0 bridgehead atoms. The third-order valence-corrected chi connectivity index (χ3v) is 3.20. The van der Waals surface area contributed by atoms with Gasteiger partial charge in [0, 0.05) is 36.6 Å². The van der Waals surface area contributed by atoms with Gasteiger partial charge < -0.3 is 10.3 Å². The number of rotatable bonds is 3. The molecule has 0 unspecified atom stereocenters. The Bertz CT molecular complexity index is 876. The molecule has 0 fully saturated rings. The molecule has 0 aliphatic rings. The van der Waals surface area contributed by atoms with E-state index in [0.717, 1.165) is 0 Å². The van der Waals surface area contributed by atoms with Crippen LogP contribution in [0.1, 0.15) is 0 Å². The number of nitrogens with one attached hydrogen (secondary N) is 2. The molecule has 0 aliphatic heterocycles. The summed E-state index contributed by atoms with van der Waals surface area (Å²) in [4.78, 5) is 22.7. The molecule has 1 aromatic carbocycles. The van der Waals surface area contributed by atoms with E-state index in [1.807, 2.05) is 0 Å². The molecular weight excluding hydrogens is 283 g/mol. The highest BCUT2D eigenvalue weighted by Crippen LogP contribution is 2.30. The van der Waals surface area contributed by atoms with Crippen molar-refractivity contribution in [1.29, 1.82) is 0 Å². The van der Waals surface area contributed by atoms with Gasteiger partial charge in [-0.1, -0.05) is 12.1 Å². The first kappa shape index (κ1) is 13.9. The van der Waals surface area contributed by atoms with Gasteiger partial charge in [0.25, 0.3) is 0 Å². The molecule has 110 valence electrons. The van der Waals surface area contributed by atoms with E-state index in [1.165, 1.54) is 18.2 Å². The highest BCUT2D eigenvalue weighted by molar-refractivity contribution is 5.80. The number of benzene rings is 1. The first-order chi connectivity index (χ1) is 10.7. The van der Waals surface area contributed by atoms with E-state index >= 15 is 0 Å². The van der Waals surface area contributed by atoms with E-state index in [-0.39, 0.29) is 11.4 Å². The molecule has 0 saturated carbocycles. The molecule has 2 heterocycles. The van der Waals surface area contributed by atoms with Crippen LogP contribution in [0.2, 0.25) is 0 Å². The normalized spacial score (nSPS) is 10.5. The minimum Gasteiger partial charge on any atom is -0.357 e. The van der Waals surface area contributed by atoms with Crippen LogP contribution in [0, 0.1) is 5.82 Å². The molecule has 3 aromatic rings. The van der Waals surface area contributed by atoms with Crippen LogP contribution in [0.25, 0.3) is 22.4 Å². The van der Waals surface area contributed by atoms with Gasteiger partial charge in [0.1, 0.15) is 5.82 Å². The highest BCUT2D eigenvalue weighted by atomic mass is 19.1. The van der Waals surface area contributed by atoms with Crippen molar-refractivity contribution < 1.29 is 4.39 Å². The van der Waals surface area contributed by atoms with Crippen molar-refractivity contribution in [1.82, 2.24) is 15.0 Å². The van der Waals surface area contributed by atoms with Gasteiger partial charge in [0.15, 0.2) is 0 Å². The third kappa shape index (κ3) is 2.71. The second kappa shape index (κ2) is 5.77. The van der Waals surface area contributed by atoms with E-state index < -0.39 is 0 Å². The van der Waals surface area contributed by atoms with Gasteiger partial charge in [-0.05, 0) is 23.8 Å². The number of H-pyrrole nitrogens is 1. The molecule has 0 radical (unpaired) electrons. The number of nitrogens with zero attached hydrogens (tertiary/aromatic N) is 2. The predicted octanol–water partition coefficient (Wildman–Crippen LogP) is 2.68. The Morgan fingerprint density at radius 3 is 2.77 bits per heavy atom. The Hall–Kier alpha value is -3.02. The van der Waals surface area contributed by atoms with Crippen LogP contribution in [-0.2, 0) is 0 Å². The number of hydrogen-bond acceptors (Lipinski definition) is 4. The topological polar surface area (TPSA) is 70.7 Å². The lowest BCUT2D eigenvalue weighted by atomic mass is 10.0. The smallest absolute Gasteiger partial charge is 0.248 e. The summed E-state index contributed by atoms with van der Waals surface area (Å²) in [5.74, 6) is 0.0758. The van der Waals surface area contributed by atoms with Gasteiger partial charge in [-0.15, -0.1) is 0 Å². The lowest BCUT2D eigenvalue weighted by molar-refractivity contribution is 0.628. The summed E-state index contributed by atoms with van der Waals surface area (Å²) < 4.78 is 13.5. The number of halogens is 1. The van der Waals surface area contributed by atoms with Gasteiger partial charge in [-0.3, -0.25) is 4.79 Å². The van der Waals surface area contributed by atoms with E-state index in [0.29, 0.717) is 28.3 Å². The number of hydrogen-bond donors (Lipinski definition) is 2. The maximum atomic E-state index is 13.5. The van der Waals surface area contributed by atoms with Crippen LogP contribution in [0.15, 0.2) is 53.6 Å². The standard InChI is InChI=1S/C16H13FN4O/c1-18-16-20-9-13(10-5-6-19-14(22)8-10)15(21-16)11-3-2-4-12(17)7-11/h2-9H,1H3,(H,19,22)(H,18,20,21). The molecule has 0 aliphatic carbocycles. The maximum absolute atomic E-state index is 13.5. The SMILES string of the molecule is CNc1ncc(-c2cc[nH]c(=O)c2)c(-c2cccc(F)c2)n1. The van der Waals surface area contributed by atoms with Crippen molar-refractivity contribution in [3.63, 3.8) is 0 Å². The molecule has 0 atom stereocenters. The summed E-state index contributed by atoms with van der Waals surface area (Å²) in [5.41, 5.74) is 2.29. The van der Waals surface area contributed by atoms with Crippen molar-refractivity contribution in [2.75, 3.05) is 12.4 Å². The van der Waals surface area contributed by atoms with Gasteiger partial charge in [-0.25, -0.2) is 14.4 Å². The van der Waals surface area contributed by atoms with Crippen LogP contribution in [0.4, 0.5) is 10.3 Å². The van der Waals surface area contributed by atoms with Crippen LogP contribution in [-0.4, -0.2) is 22.0 Å². The number of aromatic nitrogens is 3. The highest BCUT2D eigenvalue weighted by Gasteiger charge is 2.12. The van der Waals surface area contributed by atoms with E-state index in [9.17, 15) is 9.18 Å². The molecular formula is C16H13FN4O. The summed E-state index contributed by atoms with van der Waals surface area (Å²) in [6.07, 6.45) is 3.17. The minimum atomic E-state index is -0.348. The fraction of sp³-hybridized carbons (Fsp3) is 0.0625. The quantitative estimate of drug-likeness (QED) is 0.779. The molecule has 6 heteroatoms. The molecule has 0 spiro atoms. The molecule has 0 saturated heterocycles. The number of aromatic amines is 1. The molecule has 2 aromatic heterocycles. The lowest BCUT2D eigenvalue weighted by Gasteiger charge is -2.10. The van der Waals surface area contributed by atoms with Crippen molar-refractivity contribution in [2.24, 2.45) is 0 Å². The van der Waals surface area contributed by atoms with Crippen LogP contribution in [0.5, 0.6) is 0 Å². The first-order valence-electron chi connectivity index (χ1n) is 6.67. The van der Waals surface area contributed by atoms with Crippen LogP contribution >= 0.6 is 0 Å². The molecule has 2 N–H and O–H groups in total.